The van der Waals surface area contributed by atoms with E-state index in [9.17, 15) is 0 Å². The summed E-state index contributed by atoms with van der Waals surface area (Å²) in [5.74, 6) is 0.966. The highest BCUT2D eigenvalue weighted by Crippen LogP contribution is 2.30. The Kier molecular flexibility index (Phi) is 2.74. The number of nitrogens with zero attached hydrogens (tertiary/aromatic N) is 4. The van der Waals surface area contributed by atoms with Crippen molar-refractivity contribution in [3.63, 3.8) is 0 Å². The zero-order valence-corrected chi connectivity index (χ0v) is 10.5. The van der Waals surface area contributed by atoms with Crippen LogP contribution in [0.4, 0.5) is 0 Å². The minimum absolute atomic E-state index is 0.115. The summed E-state index contributed by atoms with van der Waals surface area (Å²) < 4.78 is 7.04. The maximum absolute atomic E-state index is 6.06. The fourth-order valence-corrected chi connectivity index (χ4v) is 1.41. The lowest BCUT2D eigenvalue weighted by Crippen LogP contribution is -2.26. The molecule has 1 unspecified atom stereocenters. The fraction of sp³-hybridized carbons (Fsp3) is 0.545. The van der Waals surface area contributed by atoms with Crippen molar-refractivity contribution in [2.75, 3.05) is 0 Å². The first-order valence-electron chi connectivity index (χ1n) is 5.45. The molecule has 17 heavy (non-hydrogen) atoms. The smallest absolute Gasteiger partial charge is 0.244 e. The van der Waals surface area contributed by atoms with E-state index >= 15 is 0 Å². The minimum atomic E-state index is -0.281. The lowest BCUT2D eigenvalue weighted by atomic mass is 9.87. The van der Waals surface area contributed by atoms with Crippen LogP contribution in [-0.4, -0.2) is 19.7 Å². The second-order valence-corrected chi connectivity index (χ2v) is 5.19. The molecule has 0 aliphatic rings. The zero-order chi connectivity index (χ0) is 12.6. The molecule has 0 saturated carbocycles. The van der Waals surface area contributed by atoms with Gasteiger partial charge in [-0.2, -0.15) is 4.98 Å². The van der Waals surface area contributed by atoms with E-state index in [1.165, 1.54) is 0 Å². The van der Waals surface area contributed by atoms with Gasteiger partial charge in [0.05, 0.1) is 18.6 Å². The van der Waals surface area contributed by atoms with Crippen LogP contribution in [0.5, 0.6) is 0 Å². The van der Waals surface area contributed by atoms with Gasteiger partial charge in [0.2, 0.25) is 11.7 Å². The summed E-state index contributed by atoms with van der Waals surface area (Å²) in [5, 5.41) is 3.93. The van der Waals surface area contributed by atoms with Gasteiger partial charge < -0.3 is 14.8 Å². The number of imidazole rings is 1. The summed E-state index contributed by atoms with van der Waals surface area (Å²) >= 11 is 0. The molecule has 0 fully saturated rings. The van der Waals surface area contributed by atoms with Crippen molar-refractivity contribution in [1.82, 2.24) is 19.7 Å². The van der Waals surface area contributed by atoms with Crippen molar-refractivity contribution < 1.29 is 4.52 Å². The number of rotatable bonds is 2. The average molecular weight is 235 g/mol. The first-order valence-corrected chi connectivity index (χ1v) is 5.45. The highest BCUT2D eigenvalue weighted by molar-refractivity contribution is 5.47. The quantitative estimate of drug-likeness (QED) is 0.853. The average Bonchev–Trinajstić information content (AvgIpc) is 2.83. The van der Waals surface area contributed by atoms with Crippen LogP contribution in [0.15, 0.2) is 17.0 Å². The van der Waals surface area contributed by atoms with Gasteiger partial charge in [0.1, 0.15) is 5.69 Å². The molecule has 1 atom stereocenters. The largest absolute Gasteiger partial charge is 0.337 e. The molecule has 0 amide bonds. The van der Waals surface area contributed by atoms with Crippen LogP contribution in [0.25, 0.3) is 11.5 Å². The molecule has 92 valence electrons. The third-order valence-electron chi connectivity index (χ3n) is 2.69. The third-order valence-corrected chi connectivity index (χ3v) is 2.69. The van der Waals surface area contributed by atoms with Crippen molar-refractivity contribution >= 4 is 0 Å². The summed E-state index contributed by atoms with van der Waals surface area (Å²) in [6, 6.07) is -0.281. The second-order valence-electron chi connectivity index (χ2n) is 5.19. The zero-order valence-electron chi connectivity index (χ0n) is 10.5. The Morgan fingerprint density at radius 1 is 1.41 bits per heavy atom. The normalized spacial score (nSPS) is 13.9. The van der Waals surface area contributed by atoms with Crippen LogP contribution >= 0.6 is 0 Å². The van der Waals surface area contributed by atoms with E-state index in [1.807, 2.05) is 32.4 Å². The number of hydrogen-bond acceptors (Lipinski definition) is 5. The van der Waals surface area contributed by atoms with E-state index in [-0.39, 0.29) is 11.5 Å². The summed E-state index contributed by atoms with van der Waals surface area (Å²) in [4.78, 5) is 8.33. The van der Waals surface area contributed by atoms with Crippen LogP contribution in [-0.2, 0) is 7.05 Å². The molecule has 2 aromatic heterocycles. The van der Waals surface area contributed by atoms with Gasteiger partial charge in [-0.1, -0.05) is 25.9 Å². The Balaban J connectivity index is 2.31. The van der Waals surface area contributed by atoms with Crippen molar-refractivity contribution in [2.45, 2.75) is 26.8 Å². The van der Waals surface area contributed by atoms with Crippen molar-refractivity contribution in [1.29, 1.82) is 0 Å². The van der Waals surface area contributed by atoms with Gasteiger partial charge in [-0.05, 0) is 5.41 Å². The summed E-state index contributed by atoms with van der Waals surface area (Å²) in [6.45, 7) is 6.10. The number of hydrogen-bond donors (Lipinski definition) is 1. The first-order chi connectivity index (χ1) is 7.89. The van der Waals surface area contributed by atoms with Gasteiger partial charge in [0.15, 0.2) is 0 Å². The van der Waals surface area contributed by atoms with E-state index in [1.54, 1.807) is 12.5 Å². The highest BCUT2D eigenvalue weighted by atomic mass is 16.5. The Bertz CT molecular complexity index is 508. The lowest BCUT2D eigenvalue weighted by Gasteiger charge is -2.23. The van der Waals surface area contributed by atoms with Crippen LogP contribution in [0.1, 0.15) is 32.7 Å². The number of nitrogens with two attached hydrogens (primary N) is 1. The molecule has 6 nitrogen and oxygen atoms in total. The maximum atomic E-state index is 6.06. The molecule has 2 N–H and O–H groups in total. The standard InChI is InChI=1S/C11H17N5O/c1-11(2,3)8(12)10-14-9(15-17-10)7-5-13-6-16(7)4/h5-6,8H,12H2,1-4H3. The van der Waals surface area contributed by atoms with Gasteiger partial charge in [-0.25, -0.2) is 4.98 Å². The van der Waals surface area contributed by atoms with Crippen molar-refractivity contribution in [2.24, 2.45) is 18.2 Å². The van der Waals surface area contributed by atoms with Crippen LogP contribution in [0.2, 0.25) is 0 Å². The molecule has 6 heteroatoms. The molecular weight excluding hydrogens is 218 g/mol. The van der Waals surface area contributed by atoms with E-state index in [0.717, 1.165) is 5.69 Å². The van der Waals surface area contributed by atoms with Crippen LogP contribution in [0.3, 0.4) is 0 Å². The molecule has 2 heterocycles. The maximum Gasteiger partial charge on any atom is 0.244 e. The summed E-state index contributed by atoms with van der Waals surface area (Å²) in [6.07, 6.45) is 3.38. The van der Waals surface area contributed by atoms with E-state index in [0.29, 0.717) is 11.7 Å². The van der Waals surface area contributed by atoms with Gasteiger partial charge >= 0.3 is 0 Å². The molecule has 2 aromatic rings. The molecule has 0 saturated heterocycles. The number of aromatic nitrogens is 4. The van der Waals surface area contributed by atoms with E-state index in [2.05, 4.69) is 15.1 Å². The molecular formula is C11H17N5O. The Hall–Kier alpha value is -1.69. The predicted molar refractivity (Wildman–Crippen MR) is 62.9 cm³/mol. The fourth-order valence-electron chi connectivity index (χ4n) is 1.41. The van der Waals surface area contributed by atoms with Crippen molar-refractivity contribution in [3.8, 4) is 11.5 Å². The van der Waals surface area contributed by atoms with E-state index < -0.39 is 0 Å². The summed E-state index contributed by atoms with van der Waals surface area (Å²) in [5.41, 5.74) is 6.75. The summed E-state index contributed by atoms with van der Waals surface area (Å²) in [7, 11) is 1.88. The Labute approximate surface area is 99.8 Å². The molecule has 0 aromatic carbocycles. The molecule has 0 bridgehead atoms. The van der Waals surface area contributed by atoms with Gasteiger partial charge in [0, 0.05) is 7.05 Å². The molecule has 0 spiro atoms. The molecule has 0 aliphatic heterocycles. The monoisotopic (exact) mass is 235 g/mol. The highest BCUT2D eigenvalue weighted by Gasteiger charge is 2.28. The number of aryl methyl sites for hydroxylation is 1. The minimum Gasteiger partial charge on any atom is -0.337 e. The predicted octanol–water partition coefficient (Wildman–Crippen LogP) is 1.52. The second kappa shape index (κ2) is 3.96. The molecule has 2 rings (SSSR count). The van der Waals surface area contributed by atoms with Gasteiger partial charge in [-0.3, -0.25) is 0 Å². The SMILES string of the molecule is Cn1cncc1-c1noc(C(N)C(C)(C)C)n1. The van der Waals surface area contributed by atoms with Crippen LogP contribution in [0, 0.1) is 5.41 Å². The molecule has 0 radical (unpaired) electrons. The Morgan fingerprint density at radius 3 is 2.65 bits per heavy atom. The van der Waals surface area contributed by atoms with Crippen LogP contribution < -0.4 is 5.73 Å². The Morgan fingerprint density at radius 2 is 2.12 bits per heavy atom. The van der Waals surface area contributed by atoms with Gasteiger partial charge in [0.25, 0.3) is 0 Å². The molecule has 0 aliphatic carbocycles. The lowest BCUT2D eigenvalue weighted by molar-refractivity contribution is 0.253. The van der Waals surface area contributed by atoms with Crippen molar-refractivity contribution in [3.05, 3.63) is 18.4 Å². The topological polar surface area (TPSA) is 82.8 Å². The first kappa shape index (κ1) is 11.8. The van der Waals surface area contributed by atoms with E-state index in [4.69, 9.17) is 10.3 Å². The van der Waals surface area contributed by atoms with Gasteiger partial charge in [-0.15, -0.1) is 0 Å². The third kappa shape index (κ3) is 2.21.